The van der Waals surface area contributed by atoms with Gasteiger partial charge in [0.25, 0.3) is 0 Å². The fraction of sp³-hybridized carbons (Fsp3) is 0.333. The third-order valence-corrected chi connectivity index (χ3v) is 4.12. The number of nitrogens with zero attached hydrogens (tertiary/aromatic N) is 2. The third kappa shape index (κ3) is 3.71. The van der Waals surface area contributed by atoms with Gasteiger partial charge in [-0.2, -0.15) is 0 Å². The van der Waals surface area contributed by atoms with Gasteiger partial charge in [-0.1, -0.05) is 48.9 Å². The SMILES string of the molecule is CCC(=Cc1ccccc1)C1C[C@@H]1NCc1cnc(N)nc1. The minimum atomic E-state index is 0.326. The molecule has 2 atom stereocenters. The zero-order valence-corrected chi connectivity index (χ0v) is 12.9. The van der Waals surface area contributed by atoms with Gasteiger partial charge in [0.05, 0.1) is 0 Å². The highest BCUT2D eigenvalue weighted by atomic mass is 15.0. The normalized spacial score (nSPS) is 20.9. The van der Waals surface area contributed by atoms with Gasteiger partial charge >= 0.3 is 0 Å². The number of benzene rings is 1. The second-order valence-electron chi connectivity index (χ2n) is 5.76. The standard InChI is InChI=1S/C18H22N4/c1-2-15(8-13-6-4-3-5-7-13)16-9-17(16)20-10-14-11-21-18(19)22-12-14/h3-8,11-12,16-17,20H,2,9-10H2,1H3,(H2,19,21,22)/t16?,17-/m0/s1. The molecule has 1 fully saturated rings. The summed E-state index contributed by atoms with van der Waals surface area (Å²) in [5.74, 6) is 0.979. The lowest BCUT2D eigenvalue weighted by atomic mass is 10.0. The number of nitrogens with two attached hydrogens (primary N) is 1. The highest BCUT2D eigenvalue weighted by Crippen LogP contribution is 2.39. The van der Waals surface area contributed by atoms with Crippen molar-refractivity contribution in [3.8, 4) is 0 Å². The summed E-state index contributed by atoms with van der Waals surface area (Å²) in [5.41, 5.74) is 9.39. The number of aromatic nitrogens is 2. The van der Waals surface area contributed by atoms with Crippen LogP contribution in [0.25, 0.3) is 6.08 Å². The van der Waals surface area contributed by atoms with Crippen molar-refractivity contribution in [3.05, 3.63) is 59.4 Å². The molecule has 1 aromatic heterocycles. The van der Waals surface area contributed by atoms with E-state index in [-0.39, 0.29) is 0 Å². The van der Waals surface area contributed by atoms with E-state index in [0.717, 1.165) is 18.5 Å². The predicted molar refractivity (Wildman–Crippen MR) is 89.9 cm³/mol. The molecule has 2 aromatic rings. The number of hydrogen-bond donors (Lipinski definition) is 2. The molecule has 1 saturated carbocycles. The quantitative estimate of drug-likeness (QED) is 0.859. The Balaban J connectivity index is 1.56. The van der Waals surface area contributed by atoms with E-state index in [0.29, 0.717) is 17.9 Å². The average molecular weight is 294 g/mol. The van der Waals surface area contributed by atoms with Crippen LogP contribution in [-0.2, 0) is 6.54 Å². The molecule has 0 bridgehead atoms. The summed E-state index contributed by atoms with van der Waals surface area (Å²) in [6.07, 6.45) is 8.21. The number of rotatable bonds is 6. The van der Waals surface area contributed by atoms with Crippen molar-refractivity contribution in [2.24, 2.45) is 5.92 Å². The lowest BCUT2D eigenvalue weighted by Crippen LogP contribution is -2.18. The van der Waals surface area contributed by atoms with Gasteiger partial charge in [-0.25, -0.2) is 9.97 Å². The van der Waals surface area contributed by atoms with Crippen molar-refractivity contribution in [1.29, 1.82) is 0 Å². The minimum Gasteiger partial charge on any atom is -0.368 e. The molecule has 22 heavy (non-hydrogen) atoms. The molecular formula is C18H22N4. The molecule has 0 radical (unpaired) electrons. The molecule has 1 unspecified atom stereocenters. The average Bonchev–Trinajstić information content (AvgIpc) is 3.32. The second kappa shape index (κ2) is 6.71. The molecule has 1 aliphatic rings. The van der Waals surface area contributed by atoms with Crippen LogP contribution in [0.5, 0.6) is 0 Å². The Morgan fingerprint density at radius 3 is 2.68 bits per heavy atom. The highest BCUT2D eigenvalue weighted by molar-refractivity contribution is 5.54. The fourth-order valence-electron chi connectivity index (χ4n) is 2.77. The molecule has 0 spiro atoms. The van der Waals surface area contributed by atoms with E-state index in [4.69, 9.17) is 5.73 Å². The van der Waals surface area contributed by atoms with Crippen LogP contribution in [0.2, 0.25) is 0 Å². The Kier molecular flexibility index (Phi) is 4.49. The fourth-order valence-corrected chi connectivity index (χ4v) is 2.77. The van der Waals surface area contributed by atoms with E-state index >= 15 is 0 Å². The highest BCUT2D eigenvalue weighted by Gasteiger charge is 2.38. The molecule has 4 nitrogen and oxygen atoms in total. The summed E-state index contributed by atoms with van der Waals surface area (Å²) in [4.78, 5) is 8.04. The molecule has 114 valence electrons. The van der Waals surface area contributed by atoms with Crippen LogP contribution >= 0.6 is 0 Å². The van der Waals surface area contributed by atoms with Crippen molar-refractivity contribution in [3.63, 3.8) is 0 Å². The maximum atomic E-state index is 5.50. The van der Waals surface area contributed by atoms with Crippen molar-refractivity contribution >= 4 is 12.0 Å². The molecule has 4 heteroatoms. The first-order valence-electron chi connectivity index (χ1n) is 7.81. The Morgan fingerprint density at radius 1 is 1.27 bits per heavy atom. The minimum absolute atomic E-state index is 0.326. The van der Waals surface area contributed by atoms with Gasteiger partial charge < -0.3 is 11.1 Å². The first-order chi connectivity index (χ1) is 10.8. The van der Waals surface area contributed by atoms with E-state index in [1.807, 2.05) is 0 Å². The third-order valence-electron chi connectivity index (χ3n) is 4.12. The Morgan fingerprint density at radius 2 is 2.00 bits per heavy atom. The van der Waals surface area contributed by atoms with Crippen molar-refractivity contribution in [2.45, 2.75) is 32.4 Å². The van der Waals surface area contributed by atoms with Crippen LogP contribution in [0.1, 0.15) is 30.9 Å². The van der Waals surface area contributed by atoms with Gasteiger partial charge in [0.2, 0.25) is 5.95 Å². The first-order valence-corrected chi connectivity index (χ1v) is 7.81. The smallest absolute Gasteiger partial charge is 0.219 e. The Hall–Kier alpha value is -2.20. The van der Waals surface area contributed by atoms with Crippen LogP contribution < -0.4 is 11.1 Å². The molecule has 1 aliphatic carbocycles. The van der Waals surface area contributed by atoms with Gasteiger partial charge in [0.15, 0.2) is 0 Å². The molecule has 3 N–H and O–H groups in total. The van der Waals surface area contributed by atoms with Crippen molar-refractivity contribution < 1.29 is 0 Å². The van der Waals surface area contributed by atoms with E-state index < -0.39 is 0 Å². The maximum Gasteiger partial charge on any atom is 0.219 e. The predicted octanol–water partition coefficient (Wildman–Crippen LogP) is 3.03. The van der Waals surface area contributed by atoms with Crippen molar-refractivity contribution in [1.82, 2.24) is 15.3 Å². The summed E-state index contributed by atoms with van der Waals surface area (Å²) in [6.45, 7) is 3.03. The van der Waals surface area contributed by atoms with Crippen LogP contribution in [0.3, 0.4) is 0 Å². The number of anilines is 1. The number of hydrogen-bond acceptors (Lipinski definition) is 4. The Bertz CT molecular complexity index is 634. The number of nitrogens with one attached hydrogen (secondary N) is 1. The van der Waals surface area contributed by atoms with Gasteiger partial charge in [-0.05, 0) is 24.3 Å². The molecule has 1 heterocycles. The molecule has 1 aromatic carbocycles. The van der Waals surface area contributed by atoms with Crippen LogP contribution in [0, 0.1) is 5.92 Å². The largest absolute Gasteiger partial charge is 0.368 e. The summed E-state index contributed by atoms with van der Waals surface area (Å²) in [6, 6.07) is 11.1. The summed E-state index contributed by atoms with van der Waals surface area (Å²) < 4.78 is 0. The van der Waals surface area contributed by atoms with E-state index in [2.05, 4.69) is 58.6 Å². The Labute approximate surface area is 131 Å². The van der Waals surface area contributed by atoms with E-state index in [1.54, 1.807) is 12.4 Å². The molecule has 3 rings (SSSR count). The van der Waals surface area contributed by atoms with Crippen molar-refractivity contribution in [2.75, 3.05) is 5.73 Å². The van der Waals surface area contributed by atoms with Crippen LogP contribution in [0.4, 0.5) is 5.95 Å². The summed E-state index contributed by atoms with van der Waals surface area (Å²) in [5, 5.41) is 3.58. The number of nitrogen functional groups attached to an aromatic ring is 1. The van der Waals surface area contributed by atoms with Crippen LogP contribution in [0.15, 0.2) is 48.3 Å². The second-order valence-corrected chi connectivity index (χ2v) is 5.76. The van der Waals surface area contributed by atoms with E-state index in [9.17, 15) is 0 Å². The molecule has 0 amide bonds. The van der Waals surface area contributed by atoms with Gasteiger partial charge in [0.1, 0.15) is 0 Å². The van der Waals surface area contributed by atoms with Gasteiger partial charge in [0, 0.05) is 30.5 Å². The topological polar surface area (TPSA) is 63.8 Å². The monoisotopic (exact) mass is 294 g/mol. The first kappa shape index (κ1) is 14.7. The summed E-state index contributed by atoms with van der Waals surface area (Å²) in [7, 11) is 0. The summed E-state index contributed by atoms with van der Waals surface area (Å²) >= 11 is 0. The molecule has 0 saturated heterocycles. The maximum absolute atomic E-state index is 5.50. The zero-order chi connectivity index (χ0) is 15.4. The molecular weight excluding hydrogens is 272 g/mol. The van der Waals surface area contributed by atoms with E-state index in [1.165, 1.54) is 17.6 Å². The van der Waals surface area contributed by atoms with Crippen LogP contribution in [-0.4, -0.2) is 16.0 Å². The van der Waals surface area contributed by atoms with Gasteiger partial charge in [-0.3, -0.25) is 0 Å². The molecule has 0 aliphatic heterocycles. The lowest BCUT2D eigenvalue weighted by Gasteiger charge is -2.07. The van der Waals surface area contributed by atoms with Gasteiger partial charge in [-0.15, -0.1) is 0 Å². The lowest BCUT2D eigenvalue weighted by molar-refractivity contribution is 0.652. The zero-order valence-electron chi connectivity index (χ0n) is 12.9.